The summed E-state index contributed by atoms with van der Waals surface area (Å²) in [6, 6.07) is 97.1. The van der Waals surface area contributed by atoms with Crippen molar-refractivity contribution in [2.75, 3.05) is 0 Å². The number of aromatic nitrogens is 3. The Labute approximate surface area is 438 Å². The van der Waals surface area contributed by atoms with Crippen molar-refractivity contribution in [1.29, 1.82) is 0 Å². The molecule has 14 rings (SSSR count). The van der Waals surface area contributed by atoms with Gasteiger partial charge in [-0.15, -0.1) is 0 Å². The summed E-state index contributed by atoms with van der Waals surface area (Å²) < 4.78 is 7.30. The summed E-state index contributed by atoms with van der Waals surface area (Å²) in [5.74, 6) is 0. The molecule has 4 heteroatoms. The van der Waals surface area contributed by atoms with Crippen LogP contribution in [0.4, 0.5) is 0 Å². The van der Waals surface area contributed by atoms with Gasteiger partial charge < -0.3 is 13.7 Å². The summed E-state index contributed by atoms with van der Waals surface area (Å²) in [5.41, 5.74) is 17.9. The van der Waals surface area contributed by atoms with Gasteiger partial charge in [-0.05, 0) is 137 Å². The van der Waals surface area contributed by atoms with Crippen LogP contribution >= 0.6 is 0 Å². The quantitative estimate of drug-likeness (QED) is 0.128. The molecule has 0 spiro atoms. The lowest BCUT2D eigenvalue weighted by Gasteiger charge is -2.26. The second-order valence-electron chi connectivity index (χ2n) is 21.4. The summed E-state index contributed by atoms with van der Waals surface area (Å²) in [6.45, 7) is 9.63. The van der Waals surface area contributed by atoms with Gasteiger partial charge in [0.2, 0.25) is 0 Å². The van der Waals surface area contributed by atoms with E-state index < -0.39 is 8.07 Å². The second kappa shape index (κ2) is 17.3. The van der Waals surface area contributed by atoms with E-state index >= 15 is 0 Å². The fourth-order valence-corrected chi connectivity index (χ4v) is 14.5. The monoisotopic (exact) mass is 977 g/mol. The van der Waals surface area contributed by atoms with Gasteiger partial charge in [-0.1, -0.05) is 195 Å². The first kappa shape index (κ1) is 44.7. The molecule has 0 fully saturated rings. The molecule has 3 aromatic heterocycles. The lowest BCUT2D eigenvalue weighted by molar-refractivity contribution is 0.642. The normalized spacial score (nSPS) is 12.3. The summed E-state index contributed by atoms with van der Waals surface area (Å²) in [4.78, 5) is 0. The van der Waals surface area contributed by atoms with Crippen LogP contribution in [0.1, 0.15) is 25.0 Å². The standard InChI is InChI=1S/C71H55N3Si/c1-71(2,52-20-10-5-11-21-52)53-34-40-69-63(46-53)61-44-50(32-38-67(61)73(69)55-24-14-7-15-25-55)48-30-36-65-59(42-48)60-43-49(31-37-66(60)72(65)54-22-12-6-13-23-54)51-33-39-68-62(45-51)64-47-58(75(3,4)57-28-18-9-19-29-57)35-41-70(64)74(68)56-26-16-8-17-27-56/h5-47H,1-4H3. The Hall–Kier alpha value is -8.96. The van der Waals surface area contributed by atoms with Gasteiger partial charge in [0.25, 0.3) is 0 Å². The first-order valence-corrected chi connectivity index (χ1v) is 29.2. The minimum atomic E-state index is -1.99. The number of fused-ring (bicyclic) bond motifs is 9. The van der Waals surface area contributed by atoms with E-state index in [1.165, 1.54) is 115 Å². The van der Waals surface area contributed by atoms with Crippen molar-refractivity contribution in [3.05, 3.63) is 272 Å². The third-order valence-corrected chi connectivity index (χ3v) is 20.0. The van der Waals surface area contributed by atoms with E-state index in [4.69, 9.17) is 0 Å². The van der Waals surface area contributed by atoms with E-state index in [2.05, 4.69) is 301 Å². The zero-order chi connectivity index (χ0) is 50.4. The molecule has 0 saturated carbocycles. The number of benzene rings is 11. The van der Waals surface area contributed by atoms with Crippen LogP contribution in [-0.4, -0.2) is 21.8 Å². The van der Waals surface area contributed by atoms with E-state index in [9.17, 15) is 0 Å². The van der Waals surface area contributed by atoms with Gasteiger partial charge in [0.1, 0.15) is 8.07 Å². The molecule has 0 aliphatic rings. The van der Waals surface area contributed by atoms with Crippen molar-refractivity contribution in [3.8, 4) is 39.3 Å². The highest BCUT2D eigenvalue weighted by Gasteiger charge is 2.28. The molecule has 0 amide bonds. The Morgan fingerprint density at radius 2 is 0.573 bits per heavy atom. The lowest BCUT2D eigenvalue weighted by atomic mass is 9.78. The maximum Gasteiger partial charge on any atom is 0.112 e. The van der Waals surface area contributed by atoms with Gasteiger partial charge in [0.05, 0.1) is 33.1 Å². The van der Waals surface area contributed by atoms with Crippen LogP contribution in [0.2, 0.25) is 13.1 Å². The molecule has 0 bridgehead atoms. The average Bonchev–Trinajstić information content (AvgIpc) is 4.14. The van der Waals surface area contributed by atoms with E-state index in [1.54, 1.807) is 0 Å². The molecule has 0 aliphatic carbocycles. The number of rotatable bonds is 9. The topological polar surface area (TPSA) is 14.8 Å². The van der Waals surface area contributed by atoms with Crippen LogP contribution in [0.25, 0.3) is 105 Å². The summed E-state index contributed by atoms with van der Waals surface area (Å²) >= 11 is 0. The fraction of sp³-hybridized carbons (Fsp3) is 0.0704. The van der Waals surface area contributed by atoms with Crippen LogP contribution in [0.5, 0.6) is 0 Å². The van der Waals surface area contributed by atoms with Gasteiger partial charge in [-0.2, -0.15) is 0 Å². The predicted molar refractivity (Wildman–Crippen MR) is 322 cm³/mol. The fourth-order valence-electron chi connectivity index (χ4n) is 12.2. The third-order valence-electron chi connectivity index (χ3n) is 16.4. The minimum Gasteiger partial charge on any atom is -0.309 e. The van der Waals surface area contributed by atoms with Crippen LogP contribution in [0, 0.1) is 0 Å². The van der Waals surface area contributed by atoms with Crippen LogP contribution in [0.15, 0.2) is 261 Å². The van der Waals surface area contributed by atoms with Crippen molar-refractivity contribution >= 4 is 83.9 Å². The molecule has 0 N–H and O–H groups in total. The van der Waals surface area contributed by atoms with Gasteiger partial charge in [-0.3, -0.25) is 0 Å². The second-order valence-corrected chi connectivity index (χ2v) is 25.8. The van der Waals surface area contributed by atoms with Crippen molar-refractivity contribution in [2.24, 2.45) is 0 Å². The van der Waals surface area contributed by atoms with Crippen LogP contribution in [0.3, 0.4) is 0 Å². The summed E-state index contributed by atoms with van der Waals surface area (Å²) in [7, 11) is -1.99. The first-order valence-electron chi connectivity index (χ1n) is 26.2. The molecular weight excluding hydrogens is 923 g/mol. The third kappa shape index (κ3) is 7.23. The maximum atomic E-state index is 2.50. The highest BCUT2D eigenvalue weighted by Crippen LogP contribution is 2.42. The van der Waals surface area contributed by atoms with Crippen molar-refractivity contribution in [3.63, 3.8) is 0 Å². The van der Waals surface area contributed by atoms with E-state index in [1.807, 2.05) is 0 Å². The minimum absolute atomic E-state index is 0.178. The number of nitrogens with zero attached hydrogens (tertiary/aromatic N) is 3. The predicted octanol–water partition coefficient (Wildman–Crippen LogP) is 17.5. The van der Waals surface area contributed by atoms with Crippen molar-refractivity contribution < 1.29 is 0 Å². The molecule has 0 aliphatic heterocycles. The molecular formula is C71H55N3Si. The van der Waals surface area contributed by atoms with Gasteiger partial charge in [0, 0.05) is 54.8 Å². The largest absolute Gasteiger partial charge is 0.309 e. The molecule has 14 aromatic rings. The van der Waals surface area contributed by atoms with E-state index in [0.29, 0.717) is 0 Å². The highest BCUT2D eigenvalue weighted by molar-refractivity contribution is 7.00. The van der Waals surface area contributed by atoms with Crippen LogP contribution in [-0.2, 0) is 5.41 Å². The lowest BCUT2D eigenvalue weighted by Crippen LogP contribution is -2.52. The van der Waals surface area contributed by atoms with E-state index in [0.717, 1.165) is 11.4 Å². The molecule has 358 valence electrons. The molecule has 0 radical (unpaired) electrons. The van der Waals surface area contributed by atoms with Gasteiger partial charge in [0.15, 0.2) is 0 Å². The molecule has 75 heavy (non-hydrogen) atoms. The Morgan fingerprint density at radius 3 is 0.960 bits per heavy atom. The molecule has 0 saturated heterocycles. The SMILES string of the molecule is CC(C)(c1ccccc1)c1ccc2c(c1)c1cc(-c3ccc4c(c3)c3cc(-c5ccc6c(c5)c5cc([Si](C)(C)c7ccccc7)ccc5n6-c5ccccc5)ccc3n4-c3ccccc3)ccc1n2-c1ccccc1. The van der Waals surface area contributed by atoms with E-state index in [-0.39, 0.29) is 5.41 Å². The maximum absolute atomic E-state index is 2.50. The number of hydrogen-bond acceptors (Lipinski definition) is 0. The Bertz CT molecular complexity index is 4220. The molecule has 0 unspecified atom stereocenters. The molecule has 3 nitrogen and oxygen atoms in total. The Morgan fingerprint density at radius 1 is 0.267 bits per heavy atom. The Kier molecular flexibility index (Phi) is 10.3. The summed E-state index contributed by atoms with van der Waals surface area (Å²) in [5, 5.41) is 10.4. The average molecular weight is 978 g/mol. The smallest absolute Gasteiger partial charge is 0.112 e. The summed E-state index contributed by atoms with van der Waals surface area (Å²) in [6.07, 6.45) is 0. The molecule has 0 atom stereocenters. The zero-order valence-electron chi connectivity index (χ0n) is 42.7. The zero-order valence-corrected chi connectivity index (χ0v) is 43.7. The first-order chi connectivity index (χ1) is 36.7. The van der Waals surface area contributed by atoms with Crippen molar-refractivity contribution in [1.82, 2.24) is 13.7 Å². The van der Waals surface area contributed by atoms with Gasteiger partial charge >= 0.3 is 0 Å². The van der Waals surface area contributed by atoms with Gasteiger partial charge in [-0.25, -0.2) is 0 Å². The molecule has 11 aromatic carbocycles. The highest BCUT2D eigenvalue weighted by atomic mass is 28.3. The Balaban J connectivity index is 0.946. The van der Waals surface area contributed by atoms with Crippen LogP contribution < -0.4 is 10.4 Å². The van der Waals surface area contributed by atoms with Crippen molar-refractivity contribution in [2.45, 2.75) is 32.4 Å². The number of para-hydroxylation sites is 3. The number of hydrogen-bond donors (Lipinski definition) is 0. The molecule has 3 heterocycles.